The number of carboxylic acid groups (broad SMARTS) is 1. The quantitative estimate of drug-likeness (QED) is 0.705. The topological polar surface area (TPSA) is 57.5 Å². The van der Waals surface area contributed by atoms with Crippen LogP contribution in [0.1, 0.15) is 20.8 Å². The SMILES string of the molecule is Cc1csc(C(=O)O)c1CO. The number of hydrogen-bond donors (Lipinski definition) is 2. The molecule has 1 aromatic heterocycles. The van der Waals surface area contributed by atoms with E-state index in [1.165, 1.54) is 0 Å². The lowest BCUT2D eigenvalue weighted by Gasteiger charge is -1.94. The summed E-state index contributed by atoms with van der Waals surface area (Å²) >= 11 is 1.15. The standard InChI is InChI=1S/C7H8O3S/c1-4-3-11-6(7(9)10)5(4)2-8/h3,8H,2H2,1H3,(H,9,10). The highest BCUT2D eigenvalue weighted by Crippen LogP contribution is 2.21. The van der Waals surface area contributed by atoms with Crippen LogP contribution in [0.5, 0.6) is 0 Å². The van der Waals surface area contributed by atoms with Crippen molar-refractivity contribution in [3.63, 3.8) is 0 Å². The van der Waals surface area contributed by atoms with Crippen molar-refractivity contribution >= 4 is 17.3 Å². The van der Waals surface area contributed by atoms with Crippen LogP contribution >= 0.6 is 11.3 Å². The van der Waals surface area contributed by atoms with Gasteiger partial charge in [-0.25, -0.2) is 4.79 Å². The van der Waals surface area contributed by atoms with E-state index in [1.54, 1.807) is 12.3 Å². The van der Waals surface area contributed by atoms with Gasteiger partial charge in [0.25, 0.3) is 0 Å². The smallest absolute Gasteiger partial charge is 0.346 e. The molecule has 4 heteroatoms. The fourth-order valence-electron chi connectivity index (χ4n) is 0.845. The fourth-order valence-corrected chi connectivity index (χ4v) is 1.75. The molecule has 1 aromatic rings. The molecule has 1 rings (SSSR count). The van der Waals surface area contributed by atoms with Crippen LogP contribution in [0.2, 0.25) is 0 Å². The molecule has 0 saturated heterocycles. The zero-order valence-electron chi connectivity index (χ0n) is 6.00. The summed E-state index contributed by atoms with van der Waals surface area (Å²) in [4.78, 5) is 10.7. The zero-order chi connectivity index (χ0) is 8.43. The van der Waals surface area contributed by atoms with Gasteiger partial charge in [0.15, 0.2) is 0 Å². The normalized spacial score (nSPS) is 10.0. The molecule has 0 radical (unpaired) electrons. The number of thiophene rings is 1. The maximum Gasteiger partial charge on any atom is 0.346 e. The van der Waals surface area contributed by atoms with Crippen molar-refractivity contribution in [1.29, 1.82) is 0 Å². The average molecular weight is 172 g/mol. The Kier molecular flexibility index (Phi) is 2.26. The second-order valence-electron chi connectivity index (χ2n) is 2.19. The van der Waals surface area contributed by atoms with E-state index in [2.05, 4.69) is 0 Å². The highest BCUT2D eigenvalue weighted by atomic mass is 32.1. The Morgan fingerprint density at radius 2 is 2.36 bits per heavy atom. The van der Waals surface area contributed by atoms with Gasteiger partial charge in [-0.1, -0.05) is 0 Å². The van der Waals surface area contributed by atoms with Gasteiger partial charge in [-0.3, -0.25) is 0 Å². The summed E-state index contributed by atoms with van der Waals surface area (Å²) in [5, 5.41) is 19.1. The van der Waals surface area contributed by atoms with E-state index in [-0.39, 0.29) is 11.5 Å². The molecule has 2 N–H and O–H groups in total. The van der Waals surface area contributed by atoms with Crippen molar-refractivity contribution in [1.82, 2.24) is 0 Å². The van der Waals surface area contributed by atoms with Crippen LogP contribution in [-0.2, 0) is 6.61 Å². The van der Waals surface area contributed by atoms with E-state index < -0.39 is 5.97 Å². The summed E-state index contributed by atoms with van der Waals surface area (Å²) in [5.41, 5.74) is 1.37. The number of aliphatic hydroxyl groups is 1. The molecule has 0 unspecified atom stereocenters. The van der Waals surface area contributed by atoms with Crippen molar-refractivity contribution in [2.24, 2.45) is 0 Å². The molecule has 0 saturated carbocycles. The summed E-state index contributed by atoms with van der Waals surface area (Å²) in [6.07, 6.45) is 0. The first-order valence-electron chi connectivity index (χ1n) is 3.08. The molecule has 0 bridgehead atoms. The summed E-state index contributed by atoms with van der Waals surface area (Å²) in [5.74, 6) is -0.966. The van der Waals surface area contributed by atoms with Gasteiger partial charge in [0.1, 0.15) is 4.88 Å². The first-order chi connectivity index (χ1) is 5.16. The number of rotatable bonds is 2. The maximum absolute atomic E-state index is 10.5. The Bertz CT molecular complexity index is 277. The lowest BCUT2D eigenvalue weighted by molar-refractivity contribution is 0.0699. The van der Waals surface area contributed by atoms with Gasteiger partial charge in [0.05, 0.1) is 6.61 Å². The summed E-state index contributed by atoms with van der Waals surface area (Å²) in [6, 6.07) is 0. The Morgan fingerprint density at radius 1 is 1.73 bits per heavy atom. The van der Waals surface area contributed by atoms with E-state index >= 15 is 0 Å². The molecule has 0 aliphatic rings. The third-order valence-electron chi connectivity index (χ3n) is 1.46. The Morgan fingerprint density at radius 3 is 2.73 bits per heavy atom. The third kappa shape index (κ3) is 1.41. The van der Waals surface area contributed by atoms with Crippen LogP contribution in [0, 0.1) is 6.92 Å². The van der Waals surface area contributed by atoms with Gasteiger partial charge < -0.3 is 10.2 Å². The van der Waals surface area contributed by atoms with E-state index in [1.807, 2.05) is 0 Å². The minimum absolute atomic E-state index is 0.197. The summed E-state index contributed by atoms with van der Waals surface area (Å²) in [7, 11) is 0. The summed E-state index contributed by atoms with van der Waals surface area (Å²) in [6.45, 7) is 1.59. The Hall–Kier alpha value is -0.870. The predicted molar refractivity (Wildman–Crippen MR) is 41.9 cm³/mol. The van der Waals surface area contributed by atoms with Crippen molar-refractivity contribution in [3.8, 4) is 0 Å². The maximum atomic E-state index is 10.5. The molecule has 0 aliphatic heterocycles. The average Bonchev–Trinajstić information content (AvgIpc) is 2.30. The monoisotopic (exact) mass is 172 g/mol. The molecular formula is C7H8O3S. The van der Waals surface area contributed by atoms with Crippen LogP contribution < -0.4 is 0 Å². The number of aromatic carboxylic acids is 1. The molecule has 1 heterocycles. The number of aliphatic hydroxyl groups excluding tert-OH is 1. The zero-order valence-corrected chi connectivity index (χ0v) is 6.81. The molecule has 3 nitrogen and oxygen atoms in total. The Balaban J connectivity index is 3.15. The van der Waals surface area contributed by atoms with Crippen LogP contribution in [0.15, 0.2) is 5.38 Å². The van der Waals surface area contributed by atoms with Crippen LogP contribution in [0.25, 0.3) is 0 Å². The molecule has 0 aliphatic carbocycles. The minimum atomic E-state index is -0.966. The first-order valence-corrected chi connectivity index (χ1v) is 3.96. The van der Waals surface area contributed by atoms with Gasteiger partial charge >= 0.3 is 5.97 Å². The molecule has 11 heavy (non-hydrogen) atoms. The lowest BCUT2D eigenvalue weighted by atomic mass is 10.2. The molecule has 0 aromatic carbocycles. The lowest BCUT2D eigenvalue weighted by Crippen LogP contribution is -1.98. The first kappa shape index (κ1) is 8.23. The van der Waals surface area contributed by atoms with E-state index in [4.69, 9.17) is 10.2 Å². The van der Waals surface area contributed by atoms with Gasteiger partial charge in [-0.05, 0) is 17.9 Å². The number of carboxylic acids is 1. The predicted octanol–water partition coefficient (Wildman–Crippen LogP) is 1.25. The number of carbonyl (C=O) groups is 1. The molecule has 60 valence electrons. The minimum Gasteiger partial charge on any atom is -0.477 e. The number of hydrogen-bond acceptors (Lipinski definition) is 3. The van der Waals surface area contributed by atoms with Gasteiger partial charge in [-0.2, -0.15) is 0 Å². The summed E-state index contributed by atoms with van der Waals surface area (Å²) < 4.78 is 0. The highest BCUT2D eigenvalue weighted by Gasteiger charge is 2.13. The van der Waals surface area contributed by atoms with Crippen molar-refractivity contribution in [2.45, 2.75) is 13.5 Å². The fraction of sp³-hybridized carbons (Fsp3) is 0.286. The molecular weight excluding hydrogens is 164 g/mol. The van der Waals surface area contributed by atoms with Gasteiger partial charge in [0, 0.05) is 5.56 Å². The molecule has 0 atom stereocenters. The van der Waals surface area contributed by atoms with E-state index in [9.17, 15) is 4.79 Å². The van der Waals surface area contributed by atoms with E-state index in [0.29, 0.717) is 5.56 Å². The third-order valence-corrected chi connectivity index (χ3v) is 2.58. The van der Waals surface area contributed by atoms with Crippen molar-refractivity contribution in [3.05, 3.63) is 21.4 Å². The van der Waals surface area contributed by atoms with E-state index in [0.717, 1.165) is 16.9 Å². The van der Waals surface area contributed by atoms with Gasteiger partial charge in [-0.15, -0.1) is 11.3 Å². The van der Waals surface area contributed by atoms with Crippen LogP contribution in [0.3, 0.4) is 0 Å². The molecule has 0 fully saturated rings. The second kappa shape index (κ2) is 3.02. The second-order valence-corrected chi connectivity index (χ2v) is 3.07. The molecule has 0 amide bonds. The van der Waals surface area contributed by atoms with Crippen molar-refractivity contribution in [2.75, 3.05) is 0 Å². The highest BCUT2D eigenvalue weighted by molar-refractivity contribution is 7.12. The van der Waals surface area contributed by atoms with Crippen molar-refractivity contribution < 1.29 is 15.0 Å². The number of aryl methyl sites for hydroxylation is 1. The van der Waals surface area contributed by atoms with Crippen LogP contribution in [-0.4, -0.2) is 16.2 Å². The largest absolute Gasteiger partial charge is 0.477 e. The van der Waals surface area contributed by atoms with Crippen LogP contribution in [0.4, 0.5) is 0 Å². The Labute approximate surface area is 67.9 Å². The molecule has 0 spiro atoms. The van der Waals surface area contributed by atoms with Gasteiger partial charge in [0.2, 0.25) is 0 Å².